The van der Waals surface area contributed by atoms with Crippen molar-refractivity contribution in [3.05, 3.63) is 70.2 Å². The van der Waals surface area contributed by atoms with Crippen molar-refractivity contribution in [3.8, 4) is 0 Å². The number of hydrogen-bond acceptors (Lipinski definition) is 2. The van der Waals surface area contributed by atoms with Gasteiger partial charge in [-0.15, -0.1) is 0 Å². The average Bonchev–Trinajstić information content (AvgIpc) is 2.72. The normalized spacial score (nSPS) is 16.9. The van der Waals surface area contributed by atoms with E-state index < -0.39 is 22.6 Å². The molecule has 0 bridgehead atoms. The zero-order valence-electron chi connectivity index (χ0n) is 17.0. The van der Waals surface area contributed by atoms with Crippen LogP contribution in [0.3, 0.4) is 0 Å². The summed E-state index contributed by atoms with van der Waals surface area (Å²) in [5.41, 5.74) is -0.807. The summed E-state index contributed by atoms with van der Waals surface area (Å²) in [5, 5.41) is 3.54. The van der Waals surface area contributed by atoms with E-state index in [1.54, 1.807) is 18.2 Å². The Morgan fingerprint density at radius 2 is 1.70 bits per heavy atom. The van der Waals surface area contributed by atoms with Crippen molar-refractivity contribution in [1.82, 2.24) is 5.32 Å². The Balaban J connectivity index is 1.81. The molecule has 0 aromatic heterocycles. The summed E-state index contributed by atoms with van der Waals surface area (Å²) in [6.45, 7) is 4.75. The second-order valence-electron chi connectivity index (χ2n) is 8.35. The maximum absolute atomic E-state index is 13.3. The van der Waals surface area contributed by atoms with E-state index in [0.717, 1.165) is 17.7 Å². The van der Waals surface area contributed by atoms with Gasteiger partial charge in [0.15, 0.2) is 0 Å². The molecule has 1 aliphatic rings. The fourth-order valence-electron chi connectivity index (χ4n) is 3.84. The van der Waals surface area contributed by atoms with Crippen LogP contribution < -0.4 is 5.32 Å². The highest BCUT2D eigenvalue weighted by Gasteiger charge is 2.42. The van der Waals surface area contributed by atoms with E-state index in [1.165, 1.54) is 6.07 Å². The maximum atomic E-state index is 13.3. The number of rotatable bonds is 5. The number of hydrogen-bond donors (Lipinski definition) is 1. The molecule has 2 aromatic carbocycles. The highest BCUT2D eigenvalue weighted by Crippen LogP contribution is 2.37. The van der Waals surface area contributed by atoms with Crippen molar-refractivity contribution >= 4 is 17.5 Å². The minimum Gasteiger partial charge on any atom is -0.381 e. The van der Waals surface area contributed by atoms with Crippen LogP contribution in [0.15, 0.2) is 48.5 Å². The molecule has 1 fully saturated rings. The van der Waals surface area contributed by atoms with Crippen LogP contribution in [0.25, 0.3) is 0 Å². The van der Waals surface area contributed by atoms with E-state index in [4.69, 9.17) is 16.3 Å². The summed E-state index contributed by atoms with van der Waals surface area (Å²) >= 11 is 6.16. The van der Waals surface area contributed by atoms with Gasteiger partial charge in [0.25, 0.3) is 0 Å². The molecular weight excluding hydrogens is 415 g/mol. The Hall–Kier alpha value is -2.05. The van der Waals surface area contributed by atoms with E-state index in [9.17, 15) is 18.0 Å². The molecule has 3 nitrogen and oxygen atoms in total. The molecule has 7 heteroatoms. The number of halogens is 4. The molecule has 0 unspecified atom stereocenters. The summed E-state index contributed by atoms with van der Waals surface area (Å²) in [6, 6.07) is 12.5. The zero-order valence-corrected chi connectivity index (χ0v) is 17.7. The van der Waals surface area contributed by atoms with Crippen molar-refractivity contribution < 1.29 is 22.7 Å². The highest BCUT2D eigenvalue weighted by molar-refractivity contribution is 6.30. The Morgan fingerprint density at radius 1 is 1.07 bits per heavy atom. The van der Waals surface area contributed by atoms with Crippen LogP contribution in [-0.2, 0) is 26.5 Å². The first kappa shape index (κ1) is 22.6. The molecule has 1 N–H and O–H groups in total. The quantitative estimate of drug-likeness (QED) is 0.668. The third-order valence-corrected chi connectivity index (χ3v) is 6.06. The highest BCUT2D eigenvalue weighted by atomic mass is 35.5. The molecule has 0 spiro atoms. The Morgan fingerprint density at radius 3 is 2.33 bits per heavy atom. The first-order valence-electron chi connectivity index (χ1n) is 9.84. The molecular formula is C23H25ClF3NO2. The molecule has 1 heterocycles. The van der Waals surface area contributed by atoms with Crippen molar-refractivity contribution in [2.45, 2.75) is 43.7 Å². The second kappa shape index (κ2) is 8.60. The van der Waals surface area contributed by atoms with Crippen LogP contribution in [0.2, 0.25) is 5.02 Å². The number of benzene rings is 2. The molecule has 0 aliphatic carbocycles. The fourth-order valence-corrected chi connectivity index (χ4v) is 4.03. The van der Waals surface area contributed by atoms with Crippen LogP contribution in [0.1, 0.15) is 43.4 Å². The van der Waals surface area contributed by atoms with Gasteiger partial charge in [-0.3, -0.25) is 4.79 Å². The number of carbonyl (C=O) groups is 1. The first-order valence-corrected chi connectivity index (χ1v) is 10.2. The van der Waals surface area contributed by atoms with E-state index in [0.29, 0.717) is 36.6 Å². The molecule has 0 radical (unpaired) electrons. The molecule has 2 aromatic rings. The van der Waals surface area contributed by atoms with Gasteiger partial charge in [-0.25, -0.2) is 0 Å². The topological polar surface area (TPSA) is 38.3 Å². The van der Waals surface area contributed by atoms with E-state index in [1.807, 2.05) is 26.0 Å². The number of nitrogens with one attached hydrogen (secondary N) is 1. The van der Waals surface area contributed by atoms with Gasteiger partial charge in [0.05, 0.1) is 11.0 Å². The van der Waals surface area contributed by atoms with E-state index >= 15 is 0 Å². The average molecular weight is 440 g/mol. The summed E-state index contributed by atoms with van der Waals surface area (Å²) in [5.74, 6) is -0.159. The lowest BCUT2D eigenvalue weighted by molar-refractivity contribution is -0.137. The molecule has 162 valence electrons. The lowest BCUT2D eigenvalue weighted by Crippen LogP contribution is -2.50. The van der Waals surface area contributed by atoms with Crippen molar-refractivity contribution in [3.63, 3.8) is 0 Å². The van der Waals surface area contributed by atoms with Crippen molar-refractivity contribution in [2.24, 2.45) is 0 Å². The third-order valence-electron chi connectivity index (χ3n) is 5.82. The van der Waals surface area contributed by atoms with Crippen LogP contribution in [-0.4, -0.2) is 25.7 Å². The van der Waals surface area contributed by atoms with Gasteiger partial charge in [-0.1, -0.05) is 55.8 Å². The lowest BCUT2D eigenvalue weighted by Gasteiger charge is -2.37. The fraction of sp³-hybridized carbons (Fsp3) is 0.435. The van der Waals surface area contributed by atoms with Crippen LogP contribution in [0.5, 0.6) is 0 Å². The van der Waals surface area contributed by atoms with Gasteiger partial charge in [-0.05, 0) is 42.2 Å². The SMILES string of the molecule is CC(C)(CNC(=O)C1(c2cccc(Cl)c2)CCOCC1)c1cccc(C(F)(F)F)c1. The van der Waals surface area contributed by atoms with Crippen LogP contribution in [0.4, 0.5) is 13.2 Å². The molecule has 1 saturated heterocycles. The lowest BCUT2D eigenvalue weighted by atomic mass is 9.73. The predicted octanol–water partition coefficient (Wildman–Crippen LogP) is 5.50. The van der Waals surface area contributed by atoms with Crippen molar-refractivity contribution in [2.75, 3.05) is 19.8 Å². The molecule has 3 rings (SSSR count). The van der Waals surface area contributed by atoms with E-state index in [2.05, 4.69) is 5.32 Å². The molecule has 1 amide bonds. The van der Waals surface area contributed by atoms with Gasteiger partial charge in [0, 0.05) is 30.2 Å². The Bertz CT molecular complexity index is 905. The van der Waals surface area contributed by atoms with Gasteiger partial charge < -0.3 is 10.1 Å². The first-order chi connectivity index (χ1) is 14.0. The number of amides is 1. The van der Waals surface area contributed by atoms with Gasteiger partial charge in [-0.2, -0.15) is 13.2 Å². The maximum Gasteiger partial charge on any atom is 0.416 e. The summed E-state index contributed by atoms with van der Waals surface area (Å²) in [4.78, 5) is 13.3. The van der Waals surface area contributed by atoms with Gasteiger partial charge in [0.1, 0.15) is 0 Å². The number of carbonyl (C=O) groups excluding carboxylic acids is 1. The monoisotopic (exact) mass is 439 g/mol. The number of alkyl halides is 3. The van der Waals surface area contributed by atoms with Crippen LogP contribution >= 0.6 is 11.6 Å². The Kier molecular flexibility index (Phi) is 6.48. The molecule has 30 heavy (non-hydrogen) atoms. The third kappa shape index (κ3) is 4.81. The zero-order chi connectivity index (χ0) is 22.0. The second-order valence-corrected chi connectivity index (χ2v) is 8.79. The van der Waals surface area contributed by atoms with Crippen LogP contribution in [0, 0.1) is 0 Å². The molecule has 0 saturated carbocycles. The minimum absolute atomic E-state index is 0.159. The standard InChI is InChI=1S/C23H25ClF3NO2/c1-21(2,16-5-3-7-18(13-16)23(25,26)27)15-28-20(29)22(9-11-30-12-10-22)17-6-4-8-19(24)14-17/h3-8,13-14H,9-12,15H2,1-2H3,(H,28,29). The number of ether oxygens (including phenoxy) is 1. The molecule has 1 aliphatic heterocycles. The molecule has 0 atom stereocenters. The summed E-state index contributed by atoms with van der Waals surface area (Å²) in [7, 11) is 0. The van der Waals surface area contributed by atoms with Gasteiger partial charge >= 0.3 is 6.18 Å². The smallest absolute Gasteiger partial charge is 0.381 e. The Labute approximate surface area is 179 Å². The summed E-state index contributed by atoms with van der Waals surface area (Å²) < 4.78 is 44.7. The van der Waals surface area contributed by atoms with E-state index in [-0.39, 0.29) is 12.5 Å². The summed E-state index contributed by atoms with van der Waals surface area (Å²) in [6.07, 6.45) is -3.37. The van der Waals surface area contributed by atoms with Crippen molar-refractivity contribution in [1.29, 1.82) is 0 Å². The largest absolute Gasteiger partial charge is 0.416 e. The minimum atomic E-state index is -4.41. The van der Waals surface area contributed by atoms with Gasteiger partial charge in [0.2, 0.25) is 5.91 Å². The predicted molar refractivity (Wildman–Crippen MR) is 111 cm³/mol.